The minimum absolute atomic E-state index is 0.124. The molecule has 2 N–H and O–H groups in total. The van der Waals surface area contributed by atoms with Crippen molar-refractivity contribution < 1.29 is 19.2 Å². The second kappa shape index (κ2) is 8.49. The van der Waals surface area contributed by atoms with Crippen molar-refractivity contribution >= 4 is 29.3 Å². The Bertz CT molecular complexity index is 1000. The molecule has 0 aliphatic carbocycles. The standard InChI is InChI=1S/C23H25N3O4/c1-4-6-16-9-11-18(12-10-16)23(3)21(29)26(22(30)25-23)14-20(28)24-19-8-5-7-17(13-19)15(2)27/h5,7-13H,4,6,14H2,1-3H3,(H,24,28)(H,25,30)/t23-/m1/s1. The lowest BCUT2D eigenvalue weighted by atomic mass is 9.91. The Morgan fingerprint density at radius 3 is 2.43 bits per heavy atom. The summed E-state index contributed by atoms with van der Waals surface area (Å²) < 4.78 is 0. The van der Waals surface area contributed by atoms with Gasteiger partial charge in [-0.2, -0.15) is 0 Å². The average molecular weight is 407 g/mol. The van der Waals surface area contributed by atoms with Gasteiger partial charge in [0.2, 0.25) is 5.91 Å². The van der Waals surface area contributed by atoms with E-state index in [2.05, 4.69) is 17.6 Å². The molecule has 0 saturated carbocycles. The van der Waals surface area contributed by atoms with Crippen LogP contribution in [0.4, 0.5) is 10.5 Å². The lowest BCUT2D eigenvalue weighted by molar-refractivity contribution is -0.133. The van der Waals surface area contributed by atoms with E-state index in [1.807, 2.05) is 24.3 Å². The minimum atomic E-state index is -1.23. The molecule has 0 aromatic heterocycles. The molecule has 1 aliphatic rings. The molecule has 2 aromatic rings. The highest BCUT2D eigenvalue weighted by atomic mass is 16.2. The molecule has 3 rings (SSSR count). The molecule has 0 radical (unpaired) electrons. The molecule has 1 heterocycles. The van der Waals surface area contributed by atoms with E-state index in [1.165, 1.54) is 6.92 Å². The first-order valence-corrected chi connectivity index (χ1v) is 9.89. The zero-order valence-electron chi connectivity index (χ0n) is 17.3. The summed E-state index contributed by atoms with van der Waals surface area (Å²) in [5.41, 5.74) is 1.48. The molecule has 1 fully saturated rings. The zero-order valence-corrected chi connectivity index (χ0v) is 17.3. The van der Waals surface area contributed by atoms with Gasteiger partial charge in [0, 0.05) is 11.3 Å². The molecule has 2 aromatic carbocycles. The summed E-state index contributed by atoms with van der Waals surface area (Å²) in [7, 11) is 0. The topological polar surface area (TPSA) is 95.6 Å². The van der Waals surface area contributed by atoms with Crippen molar-refractivity contribution in [3.8, 4) is 0 Å². The molecule has 0 unspecified atom stereocenters. The molecule has 1 saturated heterocycles. The lowest BCUT2D eigenvalue weighted by Crippen LogP contribution is -2.42. The number of anilines is 1. The van der Waals surface area contributed by atoms with Crippen molar-refractivity contribution in [2.45, 2.75) is 39.2 Å². The number of rotatable bonds is 7. The van der Waals surface area contributed by atoms with Crippen LogP contribution in [0.3, 0.4) is 0 Å². The van der Waals surface area contributed by atoms with Gasteiger partial charge in [0.25, 0.3) is 5.91 Å². The van der Waals surface area contributed by atoms with Gasteiger partial charge in [-0.3, -0.25) is 19.3 Å². The lowest BCUT2D eigenvalue weighted by Gasteiger charge is -2.22. The maximum absolute atomic E-state index is 13.0. The average Bonchev–Trinajstić information content (AvgIpc) is 2.93. The number of hydrogen-bond donors (Lipinski definition) is 2. The number of amides is 4. The van der Waals surface area contributed by atoms with Gasteiger partial charge in [-0.1, -0.05) is 49.7 Å². The first-order chi connectivity index (χ1) is 14.2. The van der Waals surface area contributed by atoms with E-state index in [1.54, 1.807) is 31.2 Å². The Kier molecular flexibility index (Phi) is 6.01. The molecular weight excluding hydrogens is 382 g/mol. The van der Waals surface area contributed by atoms with Crippen molar-refractivity contribution in [1.29, 1.82) is 0 Å². The molecule has 0 spiro atoms. The quantitative estimate of drug-likeness (QED) is 0.544. The summed E-state index contributed by atoms with van der Waals surface area (Å²) >= 11 is 0. The van der Waals surface area contributed by atoms with Crippen LogP contribution in [-0.2, 0) is 21.5 Å². The third kappa shape index (κ3) is 4.25. The number of nitrogens with zero attached hydrogens (tertiary/aromatic N) is 1. The Morgan fingerprint density at radius 2 is 1.80 bits per heavy atom. The van der Waals surface area contributed by atoms with Crippen molar-refractivity contribution in [1.82, 2.24) is 10.2 Å². The second-order valence-electron chi connectivity index (χ2n) is 7.58. The summed E-state index contributed by atoms with van der Waals surface area (Å²) in [5, 5.41) is 5.33. The van der Waals surface area contributed by atoms with Crippen molar-refractivity contribution in [3.63, 3.8) is 0 Å². The van der Waals surface area contributed by atoms with Crippen LogP contribution in [0.15, 0.2) is 48.5 Å². The minimum Gasteiger partial charge on any atom is -0.325 e. The molecular formula is C23H25N3O4. The summed E-state index contributed by atoms with van der Waals surface area (Å²) in [4.78, 5) is 50.3. The number of urea groups is 1. The molecule has 1 atom stereocenters. The fourth-order valence-corrected chi connectivity index (χ4v) is 3.49. The Hall–Kier alpha value is -3.48. The highest BCUT2D eigenvalue weighted by Gasteiger charge is 2.49. The highest BCUT2D eigenvalue weighted by molar-refractivity contribution is 6.10. The number of hydrogen-bond acceptors (Lipinski definition) is 4. The van der Waals surface area contributed by atoms with E-state index in [9.17, 15) is 19.2 Å². The SMILES string of the molecule is CCCc1ccc([C@@]2(C)NC(=O)N(CC(=O)Nc3cccc(C(C)=O)c3)C2=O)cc1. The number of carbonyl (C=O) groups is 4. The number of ketones is 1. The molecule has 4 amide bonds. The monoisotopic (exact) mass is 407 g/mol. The van der Waals surface area contributed by atoms with Crippen molar-refractivity contribution in [3.05, 3.63) is 65.2 Å². The van der Waals surface area contributed by atoms with Gasteiger partial charge in [-0.15, -0.1) is 0 Å². The molecule has 7 heteroatoms. The maximum Gasteiger partial charge on any atom is 0.325 e. The molecule has 30 heavy (non-hydrogen) atoms. The molecule has 1 aliphatic heterocycles. The third-order valence-corrected chi connectivity index (χ3v) is 5.20. The molecule has 7 nitrogen and oxygen atoms in total. The molecule has 156 valence electrons. The highest BCUT2D eigenvalue weighted by Crippen LogP contribution is 2.29. The number of nitrogens with one attached hydrogen (secondary N) is 2. The van der Waals surface area contributed by atoms with E-state index >= 15 is 0 Å². The summed E-state index contributed by atoms with van der Waals surface area (Å²) in [6.07, 6.45) is 1.96. The first kappa shape index (κ1) is 21.2. The van der Waals surface area contributed by atoms with Crippen molar-refractivity contribution in [2.75, 3.05) is 11.9 Å². The van der Waals surface area contributed by atoms with Crippen LogP contribution in [0.25, 0.3) is 0 Å². The van der Waals surface area contributed by atoms with Crippen LogP contribution in [0.1, 0.15) is 48.7 Å². The van der Waals surface area contributed by atoms with E-state index in [4.69, 9.17) is 0 Å². The van der Waals surface area contributed by atoms with E-state index in [0.29, 0.717) is 16.8 Å². The predicted octanol–water partition coefficient (Wildman–Crippen LogP) is 3.25. The van der Waals surface area contributed by atoms with Gasteiger partial charge in [-0.25, -0.2) is 4.79 Å². The van der Waals surface area contributed by atoms with Gasteiger partial charge >= 0.3 is 6.03 Å². The number of benzene rings is 2. The summed E-state index contributed by atoms with van der Waals surface area (Å²) in [6, 6.07) is 13.4. The number of imide groups is 1. The summed E-state index contributed by atoms with van der Waals surface area (Å²) in [6.45, 7) is 4.74. The Labute approximate surface area is 175 Å². The number of Topliss-reactive ketones (excluding diaryl/α,β-unsaturated/α-hetero) is 1. The van der Waals surface area contributed by atoms with Gasteiger partial charge in [0.1, 0.15) is 12.1 Å². The van der Waals surface area contributed by atoms with Crippen LogP contribution >= 0.6 is 0 Å². The summed E-state index contributed by atoms with van der Waals surface area (Å²) in [5.74, 6) is -1.13. The van der Waals surface area contributed by atoms with E-state index in [-0.39, 0.29) is 5.78 Å². The fourth-order valence-electron chi connectivity index (χ4n) is 3.49. The second-order valence-corrected chi connectivity index (χ2v) is 7.58. The van der Waals surface area contributed by atoms with E-state index in [0.717, 1.165) is 23.3 Å². The Morgan fingerprint density at radius 1 is 1.10 bits per heavy atom. The number of aryl methyl sites for hydroxylation is 1. The smallest absolute Gasteiger partial charge is 0.325 e. The van der Waals surface area contributed by atoms with Crippen LogP contribution < -0.4 is 10.6 Å². The van der Waals surface area contributed by atoms with E-state index < -0.39 is 29.9 Å². The molecule has 0 bridgehead atoms. The van der Waals surface area contributed by atoms with Crippen LogP contribution in [-0.4, -0.2) is 35.1 Å². The third-order valence-electron chi connectivity index (χ3n) is 5.20. The van der Waals surface area contributed by atoms with Gasteiger partial charge in [-0.05, 0) is 43.5 Å². The zero-order chi connectivity index (χ0) is 21.9. The predicted molar refractivity (Wildman–Crippen MR) is 113 cm³/mol. The first-order valence-electron chi connectivity index (χ1n) is 9.89. The van der Waals surface area contributed by atoms with Crippen LogP contribution in [0.5, 0.6) is 0 Å². The van der Waals surface area contributed by atoms with Crippen LogP contribution in [0.2, 0.25) is 0 Å². The fraction of sp³-hybridized carbons (Fsp3) is 0.304. The Balaban J connectivity index is 1.72. The largest absolute Gasteiger partial charge is 0.325 e. The maximum atomic E-state index is 13.0. The van der Waals surface area contributed by atoms with Gasteiger partial charge < -0.3 is 10.6 Å². The van der Waals surface area contributed by atoms with Gasteiger partial charge in [0.15, 0.2) is 5.78 Å². The van der Waals surface area contributed by atoms with Crippen LogP contribution in [0, 0.1) is 0 Å². The normalized spacial score (nSPS) is 18.3. The van der Waals surface area contributed by atoms with Gasteiger partial charge in [0.05, 0.1) is 0 Å². The number of carbonyl (C=O) groups excluding carboxylic acids is 4. The van der Waals surface area contributed by atoms with Crippen molar-refractivity contribution in [2.24, 2.45) is 0 Å².